The fourth-order valence-corrected chi connectivity index (χ4v) is 5.33. The van der Waals surface area contributed by atoms with Gasteiger partial charge in [0.05, 0.1) is 5.54 Å². The second-order valence-electron chi connectivity index (χ2n) is 4.19. The summed E-state index contributed by atoms with van der Waals surface area (Å²) in [6, 6.07) is 3.23. The van der Waals surface area contributed by atoms with Crippen LogP contribution in [0.25, 0.3) is 0 Å². The van der Waals surface area contributed by atoms with Gasteiger partial charge < -0.3 is 8.85 Å². The Hall–Kier alpha value is -0.923. The van der Waals surface area contributed by atoms with Crippen molar-refractivity contribution < 1.29 is 22.0 Å². The van der Waals surface area contributed by atoms with E-state index >= 15 is 0 Å². The number of hydrogen-bond acceptors (Lipinski definition) is 3. The number of pyridine rings is 1. The molecule has 0 radical (unpaired) electrons. The quantitative estimate of drug-likeness (QED) is 0.782. The van der Waals surface area contributed by atoms with E-state index in [9.17, 15) is 13.2 Å². The Kier molecular flexibility index (Phi) is 5.11. The fourth-order valence-electron chi connectivity index (χ4n) is 2.14. The summed E-state index contributed by atoms with van der Waals surface area (Å²) in [6.45, 7) is 2.94. The largest absolute Gasteiger partial charge is 0.394 e. The van der Waals surface area contributed by atoms with Crippen molar-refractivity contribution in [2.75, 3.05) is 14.2 Å². The standard InChI is InChI=1S/C12H18F3NO2Si/c1-5-10-11(7-6-8-16-10)19(17-3,18-4)9(2)12(13,14)15/h6-9H,5H2,1-4H3. The first-order valence-corrected chi connectivity index (χ1v) is 7.84. The van der Waals surface area contributed by atoms with Gasteiger partial charge in [0, 0.05) is 31.3 Å². The molecule has 0 aliphatic carbocycles. The Bertz CT molecular complexity index is 422. The summed E-state index contributed by atoms with van der Waals surface area (Å²) in [5, 5.41) is 0.451. The fraction of sp³-hybridized carbons (Fsp3) is 0.583. The van der Waals surface area contributed by atoms with Crippen LogP contribution >= 0.6 is 0 Å². The highest BCUT2D eigenvalue weighted by Gasteiger charge is 2.57. The maximum Gasteiger partial charge on any atom is 0.394 e. The molecule has 108 valence electrons. The molecule has 0 fully saturated rings. The van der Waals surface area contributed by atoms with Crippen LogP contribution in [-0.2, 0) is 15.3 Å². The number of halogens is 3. The molecule has 0 spiro atoms. The second-order valence-corrected chi connectivity index (χ2v) is 7.75. The predicted molar refractivity (Wildman–Crippen MR) is 68.5 cm³/mol. The van der Waals surface area contributed by atoms with Gasteiger partial charge in [-0.1, -0.05) is 19.9 Å². The third-order valence-electron chi connectivity index (χ3n) is 3.27. The molecular formula is C12H18F3NO2Si. The van der Waals surface area contributed by atoms with Crippen LogP contribution in [0.2, 0.25) is 5.54 Å². The molecule has 1 rings (SSSR count). The molecule has 1 aromatic rings. The van der Waals surface area contributed by atoms with Crippen molar-refractivity contribution in [1.29, 1.82) is 0 Å². The van der Waals surface area contributed by atoms with Crippen LogP contribution in [0.1, 0.15) is 19.5 Å². The van der Waals surface area contributed by atoms with E-state index in [2.05, 4.69) is 4.98 Å². The van der Waals surface area contributed by atoms with Gasteiger partial charge >= 0.3 is 14.7 Å². The van der Waals surface area contributed by atoms with Crippen molar-refractivity contribution in [3.8, 4) is 0 Å². The Morgan fingerprint density at radius 3 is 2.32 bits per heavy atom. The monoisotopic (exact) mass is 293 g/mol. The summed E-state index contributed by atoms with van der Waals surface area (Å²) >= 11 is 0. The Balaban J connectivity index is 3.41. The normalized spacial score (nSPS) is 14.5. The van der Waals surface area contributed by atoms with Crippen LogP contribution in [0.3, 0.4) is 0 Å². The molecule has 0 amide bonds. The van der Waals surface area contributed by atoms with Crippen LogP contribution in [0.4, 0.5) is 13.2 Å². The summed E-state index contributed by atoms with van der Waals surface area (Å²) in [5.41, 5.74) is -1.08. The van der Waals surface area contributed by atoms with Gasteiger partial charge in [-0.15, -0.1) is 0 Å². The second kappa shape index (κ2) is 6.02. The van der Waals surface area contributed by atoms with E-state index in [4.69, 9.17) is 8.85 Å². The van der Waals surface area contributed by atoms with Gasteiger partial charge in [0.1, 0.15) is 0 Å². The average molecular weight is 293 g/mol. The number of rotatable bonds is 5. The lowest BCUT2D eigenvalue weighted by molar-refractivity contribution is -0.137. The van der Waals surface area contributed by atoms with Crippen LogP contribution in [0.5, 0.6) is 0 Å². The van der Waals surface area contributed by atoms with Gasteiger partial charge in [0.2, 0.25) is 0 Å². The molecule has 1 aromatic heterocycles. The summed E-state index contributed by atoms with van der Waals surface area (Å²) in [5.74, 6) is 0. The van der Waals surface area contributed by atoms with E-state index in [1.165, 1.54) is 14.2 Å². The average Bonchev–Trinajstić information content (AvgIpc) is 2.40. The number of alkyl halides is 3. The van der Waals surface area contributed by atoms with Crippen molar-refractivity contribution in [2.45, 2.75) is 32.0 Å². The van der Waals surface area contributed by atoms with Gasteiger partial charge in [0.15, 0.2) is 0 Å². The minimum atomic E-state index is -4.38. The molecule has 1 heterocycles. The molecule has 3 nitrogen and oxygen atoms in total. The molecule has 0 N–H and O–H groups in total. The molecule has 1 unspecified atom stereocenters. The van der Waals surface area contributed by atoms with Crippen LogP contribution in [0, 0.1) is 0 Å². The van der Waals surface area contributed by atoms with Gasteiger partial charge in [0.25, 0.3) is 0 Å². The molecule has 0 bridgehead atoms. The number of aromatic nitrogens is 1. The summed E-state index contributed by atoms with van der Waals surface area (Å²) < 4.78 is 49.8. The van der Waals surface area contributed by atoms with Crippen molar-refractivity contribution in [3.05, 3.63) is 24.0 Å². The van der Waals surface area contributed by atoms with Crippen molar-refractivity contribution >= 4 is 13.7 Å². The van der Waals surface area contributed by atoms with E-state index in [0.29, 0.717) is 17.3 Å². The molecule has 0 saturated carbocycles. The maximum absolute atomic E-state index is 13.1. The van der Waals surface area contributed by atoms with Crippen LogP contribution in [0.15, 0.2) is 18.3 Å². The molecule has 7 heteroatoms. The molecule has 19 heavy (non-hydrogen) atoms. The van der Waals surface area contributed by atoms with Crippen molar-refractivity contribution in [2.24, 2.45) is 0 Å². The number of nitrogens with zero attached hydrogens (tertiary/aromatic N) is 1. The van der Waals surface area contributed by atoms with Crippen LogP contribution in [-0.4, -0.2) is 33.9 Å². The van der Waals surface area contributed by atoms with Gasteiger partial charge in [-0.05, 0) is 12.5 Å². The maximum atomic E-state index is 13.1. The Morgan fingerprint density at radius 1 is 1.32 bits per heavy atom. The summed E-state index contributed by atoms with van der Waals surface area (Å²) in [4.78, 5) is 4.13. The minimum Gasteiger partial charge on any atom is -0.394 e. The van der Waals surface area contributed by atoms with E-state index in [1.54, 1.807) is 18.3 Å². The SMILES string of the molecule is CCc1ncccc1[Si](OC)(OC)C(C)C(F)(F)F. The first-order valence-electron chi connectivity index (χ1n) is 5.94. The van der Waals surface area contributed by atoms with Crippen molar-refractivity contribution in [3.63, 3.8) is 0 Å². The highest BCUT2D eigenvalue weighted by Crippen LogP contribution is 2.39. The van der Waals surface area contributed by atoms with Gasteiger partial charge in [-0.2, -0.15) is 13.2 Å². The zero-order valence-corrected chi connectivity index (χ0v) is 12.4. The summed E-state index contributed by atoms with van der Waals surface area (Å²) in [6.07, 6.45) is -2.29. The van der Waals surface area contributed by atoms with Crippen molar-refractivity contribution in [1.82, 2.24) is 4.98 Å². The Labute approximate surface area is 112 Å². The first-order chi connectivity index (χ1) is 8.83. The lowest BCUT2D eigenvalue weighted by atomic mass is 10.3. The molecule has 0 aliphatic rings. The third-order valence-corrected chi connectivity index (χ3v) is 7.15. The zero-order chi connectivity index (χ0) is 14.7. The number of hydrogen-bond donors (Lipinski definition) is 0. The first kappa shape index (κ1) is 16.1. The topological polar surface area (TPSA) is 31.4 Å². The van der Waals surface area contributed by atoms with Gasteiger partial charge in [-0.3, -0.25) is 4.98 Å². The van der Waals surface area contributed by atoms with E-state index in [1.807, 2.05) is 6.92 Å². The molecule has 1 atom stereocenters. The molecule has 0 aromatic carbocycles. The lowest BCUT2D eigenvalue weighted by Crippen LogP contribution is -2.60. The zero-order valence-electron chi connectivity index (χ0n) is 11.4. The van der Waals surface area contributed by atoms with E-state index in [0.717, 1.165) is 6.92 Å². The number of aryl methyl sites for hydroxylation is 1. The lowest BCUT2D eigenvalue weighted by Gasteiger charge is -2.35. The predicted octanol–water partition coefficient (Wildman–Crippen LogP) is 2.54. The Morgan fingerprint density at radius 2 is 1.89 bits per heavy atom. The van der Waals surface area contributed by atoms with E-state index < -0.39 is 20.3 Å². The van der Waals surface area contributed by atoms with Gasteiger partial charge in [-0.25, -0.2) is 0 Å². The van der Waals surface area contributed by atoms with E-state index in [-0.39, 0.29) is 0 Å². The third kappa shape index (κ3) is 2.98. The molecular weight excluding hydrogens is 275 g/mol. The molecule has 0 saturated heterocycles. The minimum absolute atomic E-state index is 0.451. The molecule has 0 aliphatic heterocycles. The van der Waals surface area contributed by atoms with Crippen LogP contribution < -0.4 is 5.19 Å². The smallest absolute Gasteiger partial charge is 0.394 e. The highest BCUT2D eigenvalue weighted by atomic mass is 28.4. The highest BCUT2D eigenvalue weighted by molar-refractivity contribution is 6.82. The summed E-state index contributed by atoms with van der Waals surface area (Å²) in [7, 11) is -1.07.